The quantitative estimate of drug-likeness (QED) is 0.164. The number of hydrogen-bond donors (Lipinski definition) is 1. The number of carbonyl (C=O) groups is 4. The van der Waals surface area contributed by atoms with Gasteiger partial charge in [0, 0.05) is 24.5 Å². The highest BCUT2D eigenvalue weighted by molar-refractivity contribution is 7.10. The Kier molecular flexibility index (Phi) is 13.4. The van der Waals surface area contributed by atoms with E-state index >= 15 is 0 Å². The van der Waals surface area contributed by atoms with Crippen molar-refractivity contribution in [2.45, 2.75) is 129 Å². The van der Waals surface area contributed by atoms with E-state index in [4.69, 9.17) is 14.5 Å². The van der Waals surface area contributed by atoms with Gasteiger partial charge in [-0.3, -0.25) is 19.3 Å². The van der Waals surface area contributed by atoms with Gasteiger partial charge >= 0.3 is 6.09 Å². The number of amides is 3. The molecule has 11 heteroatoms. The first-order chi connectivity index (χ1) is 22.9. The molecule has 1 saturated carbocycles. The number of nitrogens with one attached hydrogen (secondary N) is 1. The van der Waals surface area contributed by atoms with Gasteiger partial charge in [0.2, 0.25) is 17.6 Å². The predicted molar refractivity (Wildman–Crippen MR) is 187 cm³/mol. The van der Waals surface area contributed by atoms with Crippen molar-refractivity contribution in [1.29, 1.82) is 0 Å². The van der Waals surface area contributed by atoms with Crippen molar-refractivity contribution in [3.05, 3.63) is 45.9 Å². The van der Waals surface area contributed by atoms with E-state index in [1.807, 2.05) is 17.0 Å². The molecule has 1 N–H and O–H groups in total. The van der Waals surface area contributed by atoms with Crippen LogP contribution in [-0.4, -0.2) is 76.4 Å². The number of carbonyl (C=O) groups excluding carboxylic acids is 4. The topological polar surface area (TPSA) is 118 Å². The maximum atomic E-state index is 14.3. The number of likely N-dealkylation sites (tertiary alicyclic amines) is 1. The van der Waals surface area contributed by atoms with Gasteiger partial charge in [0.1, 0.15) is 34.1 Å². The first kappa shape index (κ1) is 37.4. The van der Waals surface area contributed by atoms with Crippen molar-refractivity contribution in [2.75, 3.05) is 20.2 Å². The van der Waals surface area contributed by atoms with Crippen molar-refractivity contribution < 1.29 is 28.7 Å². The van der Waals surface area contributed by atoms with Crippen molar-refractivity contribution >= 4 is 35.0 Å². The molecule has 48 heavy (non-hydrogen) atoms. The van der Waals surface area contributed by atoms with Gasteiger partial charge in [-0.1, -0.05) is 57.6 Å². The summed E-state index contributed by atoms with van der Waals surface area (Å²) in [5, 5.41) is 5.54. The van der Waals surface area contributed by atoms with Crippen LogP contribution < -0.4 is 10.1 Å². The number of benzene rings is 1. The molecule has 0 unspecified atom stereocenters. The molecule has 1 aromatic carbocycles. The molecule has 1 aliphatic carbocycles. The highest BCUT2D eigenvalue weighted by Crippen LogP contribution is 2.37. The van der Waals surface area contributed by atoms with Gasteiger partial charge in [-0.25, -0.2) is 9.78 Å². The molecule has 3 atom stereocenters. The first-order valence-corrected chi connectivity index (χ1v) is 18.6. The summed E-state index contributed by atoms with van der Waals surface area (Å²) in [5.74, 6) is -0.0258. The third kappa shape index (κ3) is 10.0. The van der Waals surface area contributed by atoms with E-state index in [2.05, 4.69) is 12.2 Å². The Balaban J connectivity index is 1.46. The molecule has 1 aromatic heterocycles. The molecule has 0 bridgehead atoms. The fourth-order valence-corrected chi connectivity index (χ4v) is 7.34. The molecule has 1 saturated heterocycles. The number of nitrogens with zero attached hydrogens (tertiary/aromatic N) is 3. The number of ketones is 1. The number of rotatable bonds is 14. The molecule has 0 radical (unpaired) electrons. The van der Waals surface area contributed by atoms with Crippen molar-refractivity contribution in [3.63, 3.8) is 0 Å². The molecule has 4 rings (SSSR count). The second kappa shape index (κ2) is 17.3. The van der Waals surface area contributed by atoms with E-state index in [1.165, 1.54) is 36.1 Å². The number of likely N-dealkylation sites (N-methyl/N-ethyl adjacent to an activating group) is 1. The van der Waals surface area contributed by atoms with E-state index in [9.17, 15) is 19.2 Å². The van der Waals surface area contributed by atoms with Crippen LogP contribution in [0.4, 0.5) is 4.79 Å². The molecular formula is C37H54N4O6S. The Morgan fingerprint density at radius 1 is 1.06 bits per heavy atom. The standard InChI is InChI=1S/C37H54N4O6S/c1-7-8-9-13-22-46-28-19-14-18-27(23-28)32(42)29-24-48-34(38-29)30-20-15-21-41(30)35(44)31(26-16-11-10-12-17-26)39-33(43)25(2)40(6)36(45)47-37(3,4)5/h14,18-19,23-26,30-31H,7-13,15-17,20-22H2,1-6H3,(H,39,43)/t25-,30-,31-/m0/s1. The molecule has 2 aromatic rings. The van der Waals surface area contributed by atoms with Gasteiger partial charge in [0.25, 0.3) is 0 Å². The Hall–Kier alpha value is -3.47. The lowest BCUT2D eigenvalue weighted by Crippen LogP contribution is -2.56. The zero-order chi connectivity index (χ0) is 34.8. The fourth-order valence-electron chi connectivity index (χ4n) is 6.40. The molecule has 2 fully saturated rings. The van der Waals surface area contributed by atoms with Crippen molar-refractivity contribution in [3.8, 4) is 5.75 Å². The second-order valence-electron chi connectivity index (χ2n) is 14.2. The van der Waals surface area contributed by atoms with E-state index in [-0.39, 0.29) is 23.7 Å². The number of hydrogen-bond acceptors (Lipinski definition) is 8. The maximum absolute atomic E-state index is 14.3. The van der Waals surface area contributed by atoms with Crippen LogP contribution in [0.5, 0.6) is 5.75 Å². The minimum Gasteiger partial charge on any atom is -0.494 e. The summed E-state index contributed by atoms with van der Waals surface area (Å²) in [6.45, 7) is 10.3. The number of ether oxygens (including phenoxy) is 2. The van der Waals surface area contributed by atoms with Gasteiger partial charge in [0.15, 0.2) is 0 Å². The van der Waals surface area contributed by atoms with Gasteiger partial charge in [0.05, 0.1) is 12.6 Å². The lowest BCUT2D eigenvalue weighted by Gasteiger charge is -2.36. The largest absolute Gasteiger partial charge is 0.494 e. The smallest absolute Gasteiger partial charge is 0.410 e. The van der Waals surface area contributed by atoms with Gasteiger partial charge in [-0.2, -0.15) is 0 Å². The van der Waals surface area contributed by atoms with Gasteiger partial charge < -0.3 is 19.7 Å². The zero-order valence-corrected chi connectivity index (χ0v) is 30.4. The highest BCUT2D eigenvalue weighted by Gasteiger charge is 2.41. The van der Waals surface area contributed by atoms with Gasteiger partial charge in [-0.15, -0.1) is 11.3 Å². The lowest BCUT2D eigenvalue weighted by atomic mass is 9.83. The van der Waals surface area contributed by atoms with Crippen molar-refractivity contribution in [2.24, 2.45) is 5.92 Å². The van der Waals surface area contributed by atoms with Crippen LogP contribution in [0.1, 0.15) is 132 Å². The summed E-state index contributed by atoms with van der Waals surface area (Å²) >= 11 is 1.39. The first-order valence-electron chi connectivity index (χ1n) is 17.7. The molecular weight excluding hydrogens is 628 g/mol. The van der Waals surface area contributed by atoms with E-state index in [0.29, 0.717) is 30.2 Å². The molecule has 10 nitrogen and oxygen atoms in total. The summed E-state index contributed by atoms with van der Waals surface area (Å²) in [6, 6.07) is 5.42. The number of unbranched alkanes of at least 4 members (excludes halogenated alkanes) is 3. The average molecular weight is 683 g/mol. The highest BCUT2D eigenvalue weighted by atomic mass is 32.1. The van der Waals surface area contributed by atoms with Crippen LogP contribution >= 0.6 is 11.3 Å². The van der Waals surface area contributed by atoms with E-state index < -0.39 is 29.7 Å². The maximum Gasteiger partial charge on any atom is 0.410 e. The van der Waals surface area contributed by atoms with Crippen LogP contribution in [0.3, 0.4) is 0 Å². The lowest BCUT2D eigenvalue weighted by molar-refractivity contribution is -0.140. The minimum atomic E-state index is -0.828. The number of aromatic nitrogens is 1. The molecule has 3 amide bonds. The Morgan fingerprint density at radius 2 is 1.81 bits per heavy atom. The summed E-state index contributed by atoms with van der Waals surface area (Å²) in [4.78, 5) is 61.8. The number of thiazole rings is 1. The molecule has 2 heterocycles. The molecule has 1 aliphatic heterocycles. The van der Waals surface area contributed by atoms with E-state index in [1.54, 1.807) is 45.2 Å². The zero-order valence-electron chi connectivity index (χ0n) is 29.6. The normalized spacial score (nSPS) is 18.2. The second-order valence-corrected chi connectivity index (χ2v) is 15.1. The van der Waals surface area contributed by atoms with Crippen LogP contribution in [0.25, 0.3) is 0 Å². The third-order valence-corrected chi connectivity index (χ3v) is 10.2. The van der Waals surface area contributed by atoms with Crippen LogP contribution in [0.15, 0.2) is 29.6 Å². The van der Waals surface area contributed by atoms with Crippen LogP contribution in [0.2, 0.25) is 0 Å². The van der Waals surface area contributed by atoms with Crippen molar-refractivity contribution in [1.82, 2.24) is 20.1 Å². The summed E-state index contributed by atoms with van der Waals surface area (Å²) in [6.07, 6.45) is 10.2. The molecule has 0 spiro atoms. The minimum absolute atomic E-state index is 0.00468. The Morgan fingerprint density at radius 3 is 2.52 bits per heavy atom. The summed E-state index contributed by atoms with van der Waals surface area (Å²) < 4.78 is 11.4. The monoisotopic (exact) mass is 682 g/mol. The average Bonchev–Trinajstić information content (AvgIpc) is 3.76. The summed E-state index contributed by atoms with van der Waals surface area (Å²) in [5.41, 5.74) is 0.174. The molecule has 264 valence electrons. The molecule has 2 aliphatic rings. The Labute approximate surface area is 289 Å². The predicted octanol–water partition coefficient (Wildman–Crippen LogP) is 7.32. The van der Waals surface area contributed by atoms with Gasteiger partial charge in [-0.05, 0) is 77.8 Å². The van der Waals surface area contributed by atoms with Crippen LogP contribution in [0, 0.1) is 5.92 Å². The van der Waals surface area contributed by atoms with E-state index in [0.717, 1.165) is 62.8 Å². The van der Waals surface area contributed by atoms with Crippen LogP contribution in [-0.2, 0) is 14.3 Å². The summed E-state index contributed by atoms with van der Waals surface area (Å²) in [7, 11) is 1.53. The third-order valence-electron chi connectivity index (χ3n) is 9.27. The Bertz CT molecular complexity index is 1400. The SMILES string of the molecule is CCCCCCOc1cccc(C(=O)c2csc([C@@H]3CCCN3C(=O)[C@@H](NC(=O)[C@H](C)N(C)C(=O)OC(C)(C)C)C3CCCCC3)n2)c1. The fraction of sp³-hybridized carbons (Fsp3) is 0.649.